The van der Waals surface area contributed by atoms with Crippen molar-refractivity contribution in [3.05, 3.63) is 58.6 Å². The molecule has 0 bridgehead atoms. The molecule has 0 radical (unpaired) electrons. The van der Waals surface area contributed by atoms with Crippen LogP contribution in [-0.2, 0) is 11.2 Å². The van der Waals surface area contributed by atoms with E-state index in [1.165, 1.54) is 12.4 Å². The van der Waals surface area contributed by atoms with Crippen LogP contribution in [0, 0.1) is 6.92 Å². The molecule has 2 aromatic rings. The lowest BCUT2D eigenvalue weighted by Crippen LogP contribution is -2.15. The zero-order chi connectivity index (χ0) is 13.8. The Labute approximate surface area is 116 Å². The van der Waals surface area contributed by atoms with Crippen LogP contribution >= 0.6 is 11.6 Å². The minimum atomic E-state index is -0.873. The van der Waals surface area contributed by atoms with Crippen molar-refractivity contribution >= 4 is 17.6 Å². The number of benzene rings is 1. The van der Waals surface area contributed by atoms with Gasteiger partial charge in [-0.3, -0.25) is 9.78 Å². The number of aromatic nitrogens is 2. The van der Waals surface area contributed by atoms with Crippen LogP contribution in [0.1, 0.15) is 22.7 Å². The minimum Gasteiger partial charge on any atom is -0.481 e. The van der Waals surface area contributed by atoms with Crippen LogP contribution in [0.2, 0.25) is 5.15 Å². The monoisotopic (exact) mass is 276 g/mol. The van der Waals surface area contributed by atoms with Gasteiger partial charge in [-0.15, -0.1) is 0 Å². The number of nitrogens with zero attached hydrogens (tertiary/aromatic N) is 2. The number of aryl methyl sites for hydroxylation is 1. The highest BCUT2D eigenvalue weighted by atomic mass is 35.5. The van der Waals surface area contributed by atoms with E-state index in [-0.39, 0.29) is 0 Å². The molecule has 0 saturated carbocycles. The highest BCUT2D eigenvalue weighted by molar-refractivity contribution is 6.29. The highest BCUT2D eigenvalue weighted by Crippen LogP contribution is 2.21. The zero-order valence-corrected chi connectivity index (χ0v) is 11.1. The molecule has 0 saturated heterocycles. The molecule has 1 atom stereocenters. The van der Waals surface area contributed by atoms with Gasteiger partial charge in [-0.1, -0.05) is 41.4 Å². The van der Waals surface area contributed by atoms with Crippen LogP contribution in [0.25, 0.3) is 0 Å². The molecule has 0 fully saturated rings. The lowest BCUT2D eigenvalue weighted by atomic mass is 9.93. The molecule has 2 rings (SSSR count). The summed E-state index contributed by atoms with van der Waals surface area (Å²) in [5, 5.41) is 9.66. The first-order chi connectivity index (χ1) is 9.06. The Morgan fingerprint density at radius 2 is 2.16 bits per heavy atom. The normalized spacial score (nSPS) is 12.1. The predicted molar refractivity (Wildman–Crippen MR) is 72.3 cm³/mol. The summed E-state index contributed by atoms with van der Waals surface area (Å²) in [7, 11) is 0. The Balaban J connectivity index is 2.26. The van der Waals surface area contributed by atoms with E-state index in [1.807, 2.05) is 31.2 Å². The van der Waals surface area contributed by atoms with Gasteiger partial charge in [0, 0.05) is 6.42 Å². The second kappa shape index (κ2) is 5.80. The van der Waals surface area contributed by atoms with Crippen molar-refractivity contribution in [2.75, 3.05) is 0 Å². The summed E-state index contributed by atoms with van der Waals surface area (Å²) in [5.41, 5.74) is 2.41. The lowest BCUT2D eigenvalue weighted by Gasteiger charge is -2.12. The van der Waals surface area contributed by atoms with Crippen LogP contribution < -0.4 is 0 Å². The quantitative estimate of drug-likeness (QED) is 0.933. The fourth-order valence-electron chi connectivity index (χ4n) is 1.89. The topological polar surface area (TPSA) is 63.1 Å². The number of rotatable bonds is 4. The van der Waals surface area contributed by atoms with Crippen LogP contribution in [0.3, 0.4) is 0 Å². The van der Waals surface area contributed by atoms with Gasteiger partial charge in [0.2, 0.25) is 0 Å². The van der Waals surface area contributed by atoms with Gasteiger partial charge in [-0.2, -0.15) is 0 Å². The number of carboxylic acids is 1. The molecule has 0 spiro atoms. The van der Waals surface area contributed by atoms with Crippen molar-refractivity contribution in [2.45, 2.75) is 19.3 Å². The average molecular weight is 277 g/mol. The first kappa shape index (κ1) is 13.5. The molecule has 4 nitrogen and oxygen atoms in total. The molecule has 5 heteroatoms. The third-order valence-electron chi connectivity index (χ3n) is 2.83. The van der Waals surface area contributed by atoms with Crippen molar-refractivity contribution < 1.29 is 9.90 Å². The molecular weight excluding hydrogens is 264 g/mol. The van der Waals surface area contributed by atoms with E-state index in [2.05, 4.69) is 9.97 Å². The van der Waals surface area contributed by atoms with Crippen molar-refractivity contribution in [2.24, 2.45) is 0 Å². The van der Waals surface area contributed by atoms with E-state index < -0.39 is 11.9 Å². The maximum Gasteiger partial charge on any atom is 0.311 e. The molecule has 19 heavy (non-hydrogen) atoms. The van der Waals surface area contributed by atoms with Crippen LogP contribution in [0.15, 0.2) is 36.7 Å². The maximum atomic E-state index is 11.4. The van der Waals surface area contributed by atoms with Gasteiger partial charge in [0.25, 0.3) is 0 Å². The molecule has 1 heterocycles. The first-order valence-electron chi connectivity index (χ1n) is 5.82. The Hall–Kier alpha value is -1.94. The van der Waals surface area contributed by atoms with Gasteiger partial charge in [0.05, 0.1) is 24.0 Å². The molecule has 0 amide bonds. The summed E-state index contributed by atoms with van der Waals surface area (Å²) < 4.78 is 0. The van der Waals surface area contributed by atoms with E-state index in [9.17, 15) is 9.90 Å². The fourth-order valence-corrected chi connectivity index (χ4v) is 1.99. The molecular formula is C14H13ClN2O2. The van der Waals surface area contributed by atoms with Gasteiger partial charge >= 0.3 is 5.97 Å². The van der Waals surface area contributed by atoms with Crippen LogP contribution in [0.5, 0.6) is 0 Å². The second-order valence-electron chi connectivity index (χ2n) is 4.34. The SMILES string of the molecule is Cc1cccc(C(Cc2cnc(Cl)cn2)C(=O)O)c1. The Morgan fingerprint density at radius 1 is 1.37 bits per heavy atom. The van der Waals surface area contributed by atoms with E-state index in [1.54, 1.807) is 0 Å². The molecule has 1 unspecified atom stereocenters. The summed E-state index contributed by atoms with van der Waals surface area (Å²) in [4.78, 5) is 19.4. The van der Waals surface area contributed by atoms with Gasteiger partial charge in [0.1, 0.15) is 5.15 Å². The van der Waals surface area contributed by atoms with Gasteiger partial charge in [-0.05, 0) is 12.5 Å². The molecule has 0 aliphatic heterocycles. The van der Waals surface area contributed by atoms with Crippen molar-refractivity contribution in [1.82, 2.24) is 9.97 Å². The molecule has 1 N–H and O–H groups in total. The van der Waals surface area contributed by atoms with E-state index in [0.717, 1.165) is 11.1 Å². The minimum absolute atomic E-state index is 0.295. The standard InChI is InChI=1S/C14H13ClN2O2/c1-9-3-2-4-10(5-9)12(14(18)19)6-11-7-17-13(15)8-16-11/h2-5,7-8,12H,6H2,1H3,(H,18,19). The number of hydrogen-bond acceptors (Lipinski definition) is 3. The first-order valence-corrected chi connectivity index (χ1v) is 6.20. The zero-order valence-electron chi connectivity index (χ0n) is 10.4. The van der Waals surface area contributed by atoms with Gasteiger partial charge in [0.15, 0.2) is 0 Å². The van der Waals surface area contributed by atoms with Gasteiger partial charge in [-0.25, -0.2) is 4.98 Å². The molecule has 98 valence electrons. The van der Waals surface area contributed by atoms with E-state index in [0.29, 0.717) is 17.3 Å². The van der Waals surface area contributed by atoms with Crippen molar-refractivity contribution in [3.8, 4) is 0 Å². The predicted octanol–water partition coefficient (Wildman–Crippen LogP) is 2.85. The lowest BCUT2D eigenvalue weighted by molar-refractivity contribution is -0.138. The second-order valence-corrected chi connectivity index (χ2v) is 4.73. The number of hydrogen-bond donors (Lipinski definition) is 1. The smallest absolute Gasteiger partial charge is 0.311 e. The third kappa shape index (κ3) is 3.51. The Kier molecular flexibility index (Phi) is 4.12. The molecule has 0 aliphatic carbocycles. The molecule has 1 aromatic heterocycles. The summed E-state index contributed by atoms with van der Waals surface area (Å²) in [6, 6.07) is 7.48. The van der Waals surface area contributed by atoms with Gasteiger partial charge < -0.3 is 5.11 Å². The van der Waals surface area contributed by atoms with Crippen molar-refractivity contribution in [3.63, 3.8) is 0 Å². The number of aliphatic carboxylic acids is 1. The molecule has 1 aromatic carbocycles. The van der Waals surface area contributed by atoms with E-state index in [4.69, 9.17) is 11.6 Å². The highest BCUT2D eigenvalue weighted by Gasteiger charge is 2.21. The largest absolute Gasteiger partial charge is 0.481 e. The van der Waals surface area contributed by atoms with Crippen LogP contribution in [-0.4, -0.2) is 21.0 Å². The third-order valence-corrected chi connectivity index (χ3v) is 3.02. The maximum absolute atomic E-state index is 11.4. The number of carboxylic acid groups (broad SMARTS) is 1. The summed E-state index contributed by atoms with van der Waals surface area (Å²) >= 11 is 5.66. The average Bonchev–Trinajstić information content (AvgIpc) is 2.37. The summed E-state index contributed by atoms with van der Waals surface area (Å²) in [5.74, 6) is -1.50. The fraction of sp³-hybridized carbons (Fsp3) is 0.214. The Bertz CT molecular complexity index is 584. The van der Waals surface area contributed by atoms with E-state index >= 15 is 0 Å². The van der Waals surface area contributed by atoms with Crippen LogP contribution in [0.4, 0.5) is 0 Å². The summed E-state index contributed by atoms with van der Waals surface area (Å²) in [6.07, 6.45) is 3.23. The number of carbonyl (C=O) groups is 1. The molecule has 0 aliphatic rings. The Morgan fingerprint density at radius 3 is 2.74 bits per heavy atom. The summed E-state index contributed by atoms with van der Waals surface area (Å²) in [6.45, 7) is 1.94. The number of halogens is 1. The van der Waals surface area contributed by atoms with Crippen molar-refractivity contribution in [1.29, 1.82) is 0 Å².